The minimum absolute atomic E-state index is 0.0436. The van der Waals surface area contributed by atoms with Crippen LogP contribution in [0.1, 0.15) is 57.3 Å². The molecule has 1 fully saturated rings. The minimum atomic E-state index is -0.344. The summed E-state index contributed by atoms with van der Waals surface area (Å²) in [6, 6.07) is 14.4. The predicted molar refractivity (Wildman–Crippen MR) is 147 cm³/mol. The van der Waals surface area contributed by atoms with Gasteiger partial charge in [-0.05, 0) is 69.2 Å². The van der Waals surface area contributed by atoms with Crippen molar-refractivity contribution in [2.75, 3.05) is 29.9 Å². The molecule has 194 valence electrons. The zero-order valence-corrected chi connectivity index (χ0v) is 22.3. The van der Waals surface area contributed by atoms with Crippen molar-refractivity contribution < 1.29 is 18.8 Å². The highest BCUT2D eigenvalue weighted by Crippen LogP contribution is 2.38. The Bertz CT molecular complexity index is 1560. The summed E-state index contributed by atoms with van der Waals surface area (Å²) in [4.78, 5) is 50.2. The fourth-order valence-electron chi connectivity index (χ4n) is 5.53. The first-order chi connectivity index (χ1) is 18.3. The third-order valence-electron chi connectivity index (χ3n) is 7.62. The van der Waals surface area contributed by atoms with Gasteiger partial charge in [-0.1, -0.05) is 6.07 Å². The van der Waals surface area contributed by atoms with Crippen LogP contribution in [0.4, 0.5) is 11.4 Å². The molecule has 6 rings (SSSR count). The molecule has 2 aliphatic rings. The van der Waals surface area contributed by atoms with Crippen LogP contribution in [0.2, 0.25) is 0 Å². The van der Waals surface area contributed by atoms with Crippen LogP contribution in [0, 0.1) is 12.8 Å². The summed E-state index contributed by atoms with van der Waals surface area (Å²) in [5.41, 5.74) is 2.77. The van der Waals surface area contributed by atoms with Crippen LogP contribution in [0.25, 0.3) is 10.2 Å². The summed E-state index contributed by atoms with van der Waals surface area (Å²) >= 11 is 1.58. The fraction of sp³-hybridized carbons (Fsp3) is 0.310. The number of aromatic nitrogens is 1. The van der Waals surface area contributed by atoms with Gasteiger partial charge in [0.05, 0.1) is 55.9 Å². The first-order valence-corrected chi connectivity index (χ1v) is 13.6. The molecule has 4 heterocycles. The lowest BCUT2D eigenvalue weighted by Gasteiger charge is -2.37. The second-order valence-corrected chi connectivity index (χ2v) is 11.2. The highest BCUT2D eigenvalue weighted by molar-refractivity contribution is 7.18. The van der Waals surface area contributed by atoms with Crippen molar-refractivity contribution >= 4 is 50.6 Å². The second kappa shape index (κ2) is 9.40. The number of rotatable bonds is 5. The molecule has 0 unspecified atom stereocenters. The van der Waals surface area contributed by atoms with E-state index in [0.29, 0.717) is 35.6 Å². The number of imide groups is 1. The van der Waals surface area contributed by atoms with E-state index in [-0.39, 0.29) is 29.7 Å². The number of anilines is 2. The molecule has 0 spiro atoms. The number of furan rings is 1. The van der Waals surface area contributed by atoms with E-state index >= 15 is 0 Å². The van der Waals surface area contributed by atoms with E-state index in [4.69, 9.17) is 4.42 Å². The summed E-state index contributed by atoms with van der Waals surface area (Å²) in [5, 5.41) is 0.931. The molecule has 0 bridgehead atoms. The maximum atomic E-state index is 13.7. The standard InChI is InChI=1S/C29H28N4O4S/c1-17(24-10-6-14-37-24)31(3)27(34)19-7-5-13-32(16-19)23-9-4-8-21-26(23)29(36)33(28(21)35)20-11-12-25-22(15-20)30-18(2)38-25/h4,6,8-12,14-15,17,19H,5,7,13,16H2,1-3H3/t17-,19+/m0/s1. The SMILES string of the molecule is Cc1nc2cc(N3C(=O)c4cccc(N5CCC[C@@H](C(=O)N(C)[C@@H](C)c6ccco6)C5)c4C3=O)ccc2s1. The van der Waals surface area contributed by atoms with Gasteiger partial charge in [-0.2, -0.15) is 0 Å². The van der Waals surface area contributed by atoms with E-state index in [9.17, 15) is 14.4 Å². The highest BCUT2D eigenvalue weighted by atomic mass is 32.1. The van der Waals surface area contributed by atoms with Crippen LogP contribution in [0.15, 0.2) is 59.2 Å². The fourth-order valence-corrected chi connectivity index (χ4v) is 6.34. The van der Waals surface area contributed by atoms with Gasteiger partial charge in [0, 0.05) is 20.1 Å². The molecule has 4 aromatic rings. The molecule has 2 aromatic heterocycles. The maximum Gasteiger partial charge on any atom is 0.268 e. The molecule has 1 saturated heterocycles. The molecule has 8 nitrogen and oxygen atoms in total. The first-order valence-electron chi connectivity index (χ1n) is 12.8. The Kier molecular flexibility index (Phi) is 6.03. The molecule has 0 aliphatic carbocycles. The van der Waals surface area contributed by atoms with E-state index < -0.39 is 0 Å². The van der Waals surface area contributed by atoms with Crippen molar-refractivity contribution in [3.05, 3.63) is 76.7 Å². The van der Waals surface area contributed by atoms with E-state index in [1.165, 1.54) is 4.90 Å². The number of benzene rings is 2. The molecule has 38 heavy (non-hydrogen) atoms. The van der Waals surface area contributed by atoms with Crippen LogP contribution in [0.5, 0.6) is 0 Å². The molecule has 0 N–H and O–H groups in total. The number of carbonyl (C=O) groups is 3. The summed E-state index contributed by atoms with van der Waals surface area (Å²) in [6.45, 7) is 5.08. The highest BCUT2D eigenvalue weighted by Gasteiger charge is 2.41. The van der Waals surface area contributed by atoms with Gasteiger partial charge in [0.25, 0.3) is 11.8 Å². The Morgan fingerprint density at radius 1 is 1.16 bits per heavy atom. The summed E-state index contributed by atoms with van der Waals surface area (Å²) < 4.78 is 6.52. The summed E-state index contributed by atoms with van der Waals surface area (Å²) in [5.74, 6) is -0.119. The summed E-state index contributed by atoms with van der Waals surface area (Å²) in [7, 11) is 1.80. The smallest absolute Gasteiger partial charge is 0.268 e. The van der Waals surface area contributed by atoms with E-state index in [2.05, 4.69) is 9.88 Å². The van der Waals surface area contributed by atoms with Crippen molar-refractivity contribution in [2.24, 2.45) is 5.92 Å². The number of amides is 3. The van der Waals surface area contributed by atoms with E-state index in [1.807, 2.05) is 44.2 Å². The van der Waals surface area contributed by atoms with Crippen molar-refractivity contribution in [1.82, 2.24) is 9.88 Å². The van der Waals surface area contributed by atoms with Gasteiger partial charge in [-0.25, -0.2) is 9.88 Å². The van der Waals surface area contributed by atoms with Crippen molar-refractivity contribution in [3.63, 3.8) is 0 Å². The van der Waals surface area contributed by atoms with Crippen LogP contribution in [-0.2, 0) is 4.79 Å². The van der Waals surface area contributed by atoms with Gasteiger partial charge in [-0.3, -0.25) is 14.4 Å². The van der Waals surface area contributed by atoms with Crippen LogP contribution >= 0.6 is 11.3 Å². The predicted octanol–water partition coefficient (Wildman–Crippen LogP) is 5.43. The van der Waals surface area contributed by atoms with Crippen LogP contribution < -0.4 is 9.80 Å². The van der Waals surface area contributed by atoms with Gasteiger partial charge in [-0.15, -0.1) is 11.3 Å². The van der Waals surface area contributed by atoms with Gasteiger partial charge in [0.1, 0.15) is 5.76 Å². The van der Waals surface area contributed by atoms with Crippen molar-refractivity contribution in [3.8, 4) is 0 Å². The van der Waals surface area contributed by atoms with Crippen molar-refractivity contribution in [2.45, 2.75) is 32.7 Å². The Labute approximate surface area is 224 Å². The Morgan fingerprint density at radius 2 is 2.00 bits per heavy atom. The number of aryl methyl sites for hydroxylation is 1. The monoisotopic (exact) mass is 528 g/mol. The van der Waals surface area contributed by atoms with Gasteiger partial charge < -0.3 is 14.2 Å². The molecule has 2 aromatic carbocycles. The number of fused-ring (bicyclic) bond motifs is 2. The number of carbonyl (C=O) groups excluding carboxylic acids is 3. The third kappa shape index (κ3) is 3.98. The van der Waals surface area contributed by atoms with Gasteiger partial charge in [0.15, 0.2) is 0 Å². The third-order valence-corrected chi connectivity index (χ3v) is 8.58. The number of hydrogen-bond acceptors (Lipinski definition) is 7. The molecule has 9 heteroatoms. The number of hydrogen-bond donors (Lipinski definition) is 0. The zero-order valence-electron chi connectivity index (χ0n) is 21.5. The average molecular weight is 529 g/mol. The average Bonchev–Trinajstić information content (AvgIpc) is 3.65. The van der Waals surface area contributed by atoms with Crippen LogP contribution in [-0.4, -0.2) is 47.7 Å². The second-order valence-electron chi connectivity index (χ2n) is 9.96. The molecule has 2 atom stereocenters. The van der Waals surface area contributed by atoms with E-state index in [0.717, 1.165) is 33.8 Å². The number of piperidine rings is 1. The Hall–Kier alpha value is -3.98. The van der Waals surface area contributed by atoms with Crippen molar-refractivity contribution in [1.29, 1.82) is 0 Å². The number of nitrogens with zero attached hydrogens (tertiary/aromatic N) is 4. The lowest BCUT2D eigenvalue weighted by Crippen LogP contribution is -2.44. The van der Waals surface area contributed by atoms with Crippen LogP contribution in [0.3, 0.4) is 0 Å². The maximum absolute atomic E-state index is 13.7. The molecular formula is C29H28N4O4S. The zero-order chi connectivity index (χ0) is 26.6. The lowest BCUT2D eigenvalue weighted by molar-refractivity contribution is -0.136. The molecule has 0 radical (unpaired) electrons. The Morgan fingerprint density at radius 3 is 2.79 bits per heavy atom. The first kappa shape index (κ1) is 24.4. The van der Waals surface area contributed by atoms with Gasteiger partial charge >= 0.3 is 0 Å². The van der Waals surface area contributed by atoms with Gasteiger partial charge in [0.2, 0.25) is 5.91 Å². The largest absolute Gasteiger partial charge is 0.467 e. The van der Waals surface area contributed by atoms with E-state index in [1.54, 1.807) is 47.7 Å². The Balaban J connectivity index is 1.27. The lowest BCUT2D eigenvalue weighted by atomic mass is 9.94. The normalized spacial score (nSPS) is 18.2. The quantitative estimate of drug-likeness (QED) is 0.321. The molecule has 0 saturated carbocycles. The number of thiazole rings is 1. The minimum Gasteiger partial charge on any atom is -0.467 e. The molecule has 3 amide bonds. The molecular weight excluding hydrogens is 500 g/mol. The topological polar surface area (TPSA) is 87.0 Å². The summed E-state index contributed by atoms with van der Waals surface area (Å²) in [6.07, 6.45) is 3.19. The molecule has 2 aliphatic heterocycles.